The molecule has 5 nitrogen and oxygen atoms in total. The summed E-state index contributed by atoms with van der Waals surface area (Å²) in [5.41, 5.74) is 3.06. The Bertz CT molecular complexity index is 691. The summed E-state index contributed by atoms with van der Waals surface area (Å²) in [4.78, 5) is 0. The zero-order valence-corrected chi connectivity index (χ0v) is 15.6. The Morgan fingerprint density at radius 1 is 1.24 bits per heavy atom. The van der Waals surface area contributed by atoms with Gasteiger partial charge in [0.1, 0.15) is 12.4 Å². The number of methoxy groups -OCH3 is 1. The summed E-state index contributed by atoms with van der Waals surface area (Å²) in [5.74, 6) is 3.05. The smallest absolute Gasteiger partial charge is 0.161 e. The van der Waals surface area contributed by atoms with Crippen molar-refractivity contribution in [2.24, 2.45) is 5.92 Å². The van der Waals surface area contributed by atoms with Crippen molar-refractivity contribution in [1.82, 2.24) is 10.5 Å². The molecule has 0 saturated heterocycles. The van der Waals surface area contributed by atoms with Gasteiger partial charge in [0.25, 0.3) is 0 Å². The van der Waals surface area contributed by atoms with Gasteiger partial charge in [-0.05, 0) is 50.3 Å². The van der Waals surface area contributed by atoms with Gasteiger partial charge in [0.2, 0.25) is 0 Å². The van der Waals surface area contributed by atoms with E-state index < -0.39 is 0 Å². The third-order valence-electron chi connectivity index (χ3n) is 5.21. The molecule has 0 radical (unpaired) electrons. The number of aromatic nitrogens is 1. The predicted molar refractivity (Wildman–Crippen MR) is 96.9 cm³/mol. The number of hydrogen-bond acceptors (Lipinski definition) is 5. The van der Waals surface area contributed by atoms with E-state index in [1.807, 2.05) is 19.9 Å². The van der Waals surface area contributed by atoms with E-state index >= 15 is 0 Å². The maximum Gasteiger partial charge on any atom is 0.161 e. The SMILES string of the molecule is COc1cc(CNC2CCCC2C)ccc1OCc1c(C)noc1C. The second-order valence-corrected chi connectivity index (χ2v) is 6.97. The van der Waals surface area contributed by atoms with Crippen molar-refractivity contribution in [2.45, 2.75) is 59.2 Å². The second kappa shape index (κ2) is 7.91. The summed E-state index contributed by atoms with van der Waals surface area (Å²) < 4.78 is 16.6. The number of aryl methyl sites for hydroxylation is 2. The Balaban J connectivity index is 1.63. The maximum absolute atomic E-state index is 5.94. The molecule has 1 aromatic carbocycles. The lowest BCUT2D eigenvalue weighted by Crippen LogP contribution is -2.30. The van der Waals surface area contributed by atoms with Crippen molar-refractivity contribution in [1.29, 1.82) is 0 Å². The van der Waals surface area contributed by atoms with Crippen LogP contribution in [0.4, 0.5) is 0 Å². The summed E-state index contributed by atoms with van der Waals surface area (Å²) >= 11 is 0. The number of ether oxygens (including phenoxy) is 2. The lowest BCUT2D eigenvalue weighted by atomic mass is 10.1. The fourth-order valence-corrected chi connectivity index (χ4v) is 3.50. The van der Waals surface area contributed by atoms with E-state index in [2.05, 4.69) is 29.5 Å². The van der Waals surface area contributed by atoms with Gasteiger partial charge in [0.15, 0.2) is 11.5 Å². The number of rotatable bonds is 7. The molecule has 5 heteroatoms. The first kappa shape index (κ1) is 17.8. The second-order valence-electron chi connectivity index (χ2n) is 6.97. The molecular formula is C20H28N2O3. The van der Waals surface area contributed by atoms with Crippen LogP contribution in [0, 0.1) is 19.8 Å². The number of benzene rings is 1. The topological polar surface area (TPSA) is 56.5 Å². The molecule has 1 aliphatic carbocycles. The van der Waals surface area contributed by atoms with Crippen LogP contribution in [0.15, 0.2) is 22.7 Å². The highest BCUT2D eigenvalue weighted by molar-refractivity contribution is 5.43. The molecule has 1 aliphatic rings. The average Bonchev–Trinajstić information content (AvgIpc) is 3.17. The van der Waals surface area contributed by atoms with Crippen LogP contribution >= 0.6 is 0 Å². The van der Waals surface area contributed by atoms with E-state index in [0.717, 1.165) is 41.0 Å². The number of nitrogens with one attached hydrogen (secondary N) is 1. The van der Waals surface area contributed by atoms with Crippen molar-refractivity contribution in [3.8, 4) is 11.5 Å². The van der Waals surface area contributed by atoms with Crippen molar-refractivity contribution >= 4 is 0 Å². The fourth-order valence-electron chi connectivity index (χ4n) is 3.50. The summed E-state index contributed by atoms with van der Waals surface area (Å²) in [6, 6.07) is 6.75. The van der Waals surface area contributed by atoms with E-state index in [9.17, 15) is 0 Å². The molecule has 25 heavy (non-hydrogen) atoms. The highest BCUT2D eigenvalue weighted by Gasteiger charge is 2.22. The zero-order chi connectivity index (χ0) is 17.8. The fraction of sp³-hybridized carbons (Fsp3) is 0.550. The summed E-state index contributed by atoms with van der Waals surface area (Å²) in [6.07, 6.45) is 3.93. The van der Waals surface area contributed by atoms with Crippen molar-refractivity contribution in [3.63, 3.8) is 0 Å². The highest BCUT2D eigenvalue weighted by Crippen LogP contribution is 2.30. The first-order valence-electron chi connectivity index (χ1n) is 9.03. The monoisotopic (exact) mass is 344 g/mol. The van der Waals surface area contributed by atoms with Gasteiger partial charge in [-0.15, -0.1) is 0 Å². The molecule has 1 N–H and O–H groups in total. The van der Waals surface area contributed by atoms with Crippen molar-refractivity contribution in [3.05, 3.63) is 40.8 Å². The quantitative estimate of drug-likeness (QED) is 0.817. The van der Waals surface area contributed by atoms with Gasteiger partial charge in [0, 0.05) is 12.6 Å². The van der Waals surface area contributed by atoms with E-state index in [1.54, 1.807) is 7.11 Å². The van der Waals surface area contributed by atoms with Crippen LogP contribution in [0.3, 0.4) is 0 Å². The van der Waals surface area contributed by atoms with Crippen molar-refractivity contribution < 1.29 is 14.0 Å². The molecule has 136 valence electrons. The van der Waals surface area contributed by atoms with Gasteiger partial charge in [-0.2, -0.15) is 0 Å². The standard InChI is InChI=1S/C20H28N2O3/c1-13-6-5-7-18(13)21-11-16-8-9-19(20(10-16)23-4)24-12-17-14(2)22-25-15(17)3/h8-10,13,18,21H,5-7,11-12H2,1-4H3. The molecule has 2 atom stereocenters. The third kappa shape index (κ3) is 4.15. The first-order chi connectivity index (χ1) is 12.1. The van der Waals surface area contributed by atoms with Gasteiger partial charge in [-0.3, -0.25) is 0 Å². The summed E-state index contributed by atoms with van der Waals surface area (Å²) in [7, 11) is 1.67. The van der Waals surface area contributed by atoms with Crippen LogP contribution in [0.1, 0.15) is 48.8 Å². The van der Waals surface area contributed by atoms with Gasteiger partial charge in [-0.1, -0.05) is 24.6 Å². The van der Waals surface area contributed by atoms with E-state index in [1.165, 1.54) is 24.8 Å². The minimum atomic E-state index is 0.425. The highest BCUT2D eigenvalue weighted by atomic mass is 16.5. The third-order valence-corrected chi connectivity index (χ3v) is 5.21. The molecule has 0 amide bonds. The lowest BCUT2D eigenvalue weighted by Gasteiger charge is -2.18. The van der Waals surface area contributed by atoms with Crippen LogP contribution in [0.2, 0.25) is 0 Å². The van der Waals surface area contributed by atoms with Crippen LogP contribution in [0.25, 0.3) is 0 Å². The summed E-state index contributed by atoms with van der Waals surface area (Å²) in [5, 5.41) is 7.63. The van der Waals surface area contributed by atoms with Crippen LogP contribution in [0.5, 0.6) is 11.5 Å². The van der Waals surface area contributed by atoms with E-state index in [-0.39, 0.29) is 0 Å². The lowest BCUT2D eigenvalue weighted by molar-refractivity contribution is 0.281. The summed E-state index contributed by atoms with van der Waals surface area (Å²) in [6.45, 7) is 7.43. The molecule has 1 heterocycles. The van der Waals surface area contributed by atoms with Crippen LogP contribution in [-0.4, -0.2) is 18.3 Å². The number of hydrogen-bond donors (Lipinski definition) is 1. The Hall–Kier alpha value is -2.01. The molecule has 3 rings (SSSR count). The largest absolute Gasteiger partial charge is 0.493 e. The minimum Gasteiger partial charge on any atom is -0.493 e. The van der Waals surface area contributed by atoms with Crippen LogP contribution < -0.4 is 14.8 Å². The van der Waals surface area contributed by atoms with Crippen molar-refractivity contribution in [2.75, 3.05) is 7.11 Å². The van der Waals surface area contributed by atoms with E-state index in [4.69, 9.17) is 14.0 Å². The maximum atomic E-state index is 5.94. The molecule has 1 aromatic heterocycles. The van der Waals surface area contributed by atoms with E-state index in [0.29, 0.717) is 12.6 Å². The van der Waals surface area contributed by atoms with Gasteiger partial charge >= 0.3 is 0 Å². The van der Waals surface area contributed by atoms with Gasteiger partial charge in [-0.25, -0.2) is 0 Å². The Morgan fingerprint density at radius 2 is 2.08 bits per heavy atom. The predicted octanol–water partition coefficient (Wildman–Crippen LogP) is 4.16. The molecule has 0 aliphatic heterocycles. The van der Waals surface area contributed by atoms with Gasteiger partial charge in [0.05, 0.1) is 18.4 Å². The molecule has 1 saturated carbocycles. The molecule has 2 aromatic rings. The Labute approximate surface area is 149 Å². The Kier molecular flexibility index (Phi) is 5.63. The normalized spacial score (nSPS) is 20.0. The average molecular weight is 344 g/mol. The first-order valence-corrected chi connectivity index (χ1v) is 9.03. The van der Waals surface area contributed by atoms with Crippen LogP contribution in [-0.2, 0) is 13.2 Å². The molecule has 0 bridgehead atoms. The molecular weight excluding hydrogens is 316 g/mol. The number of nitrogens with zero attached hydrogens (tertiary/aromatic N) is 1. The molecule has 2 unspecified atom stereocenters. The minimum absolute atomic E-state index is 0.425. The zero-order valence-electron chi connectivity index (χ0n) is 15.6. The molecule has 1 fully saturated rings. The Morgan fingerprint density at radius 3 is 2.72 bits per heavy atom. The van der Waals surface area contributed by atoms with Gasteiger partial charge < -0.3 is 19.3 Å². The molecule has 0 spiro atoms.